The van der Waals surface area contributed by atoms with E-state index >= 15 is 0 Å². The van der Waals surface area contributed by atoms with E-state index in [-0.39, 0.29) is 11.8 Å². The Hall–Kier alpha value is -1.92. The summed E-state index contributed by atoms with van der Waals surface area (Å²) in [6.07, 6.45) is 2.77. The monoisotopic (exact) mass is 353 g/mol. The van der Waals surface area contributed by atoms with Gasteiger partial charge in [-0.2, -0.15) is 0 Å². The summed E-state index contributed by atoms with van der Waals surface area (Å²) in [5, 5.41) is 18.3. The zero-order valence-electron chi connectivity index (χ0n) is 13.7. The SMILES string of the molecule is CC[C@@H](C(=N)c1cccn1C[C@@H](O)CCl)c1cc(F)cnc1OC. The summed E-state index contributed by atoms with van der Waals surface area (Å²) in [4.78, 5) is 3.96. The Morgan fingerprint density at radius 2 is 2.29 bits per heavy atom. The predicted octanol–water partition coefficient (Wildman–Crippen LogP) is 3.19. The first-order valence-electron chi connectivity index (χ1n) is 7.69. The molecule has 2 N–H and O–H groups in total. The molecule has 0 fully saturated rings. The second kappa shape index (κ2) is 8.26. The molecule has 5 nitrogen and oxygen atoms in total. The molecule has 0 aliphatic heterocycles. The van der Waals surface area contributed by atoms with Gasteiger partial charge < -0.3 is 19.8 Å². The molecule has 2 heterocycles. The van der Waals surface area contributed by atoms with Crippen molar-refractivity contribution in [2.45, 2.75) is 31.9 Å². The summed E-state index contributed by atoms with van der Waals surface area (Å²) < 4.78 is 20.6. The molecule has 0 radical (unpaired) electrons. The molecule has 0 spiro atoms. The topological polar surface area (TPSA) is 71.1 Å². The summed E-state index contributed by atoms with van der Waals surface area (Å²) >= 11 is 5.66. The molecule has 2 rings (SSSR count). The summed E-state index contributed by atoms with van der Waals surface area (Å²) in [7, 11) is 1.47. The second-order valence-corrected chi connectivity index (χ2v) is 5.79. The minimum atomic E-state index is -0.698. The van der Waals surface area contributed by atoms with Gasteiger partial charge in [0.05, 0.1) is 36.7 Å². The van der Waals surface area contributed by atoms with Crippen molar-refractivity contribution in [1.29, 1.82) is 5.41 Å². The van der Waals surface area contributed by atoms with Crippen LogP contribution in [0.3, 0.4) is 0 Å². The Balaban J connectivity index is 2.37. The molecule has 130 valence electrons. The molecule has 0 aliphatic carbocycles. The van der Waals surface area contributed by atoms with Gasteiger partial charge in [0.2, 0.25) is 5.88 Å². The lowest BCUT2D eigenvalue weighted by atomic mass is 9.90. The molecular weight excluding hydrogens is 333 g/mol. The van der Waals surface area contributed by atoms with Gasteiger partial charge in [-0.3, -0.25) is 0 Å². The number of nitrogens with zero attached hydrogens (tertiary/aromatic N) is 2. The van der Waals surface area contributed by atoms with Crippen LogP contribution in [-0.2, 0) is 6.54 Å². The molecule has 7 heteroatoms. The second-order valence-electron chi connectivity index (χ2n) is 5.48. The van der Waals surface area contributed by atoms with Crippen LogP contribution >= 0.6 is 11.6 Å². The van der Waals surface area contributed by atoms with E-state index in [1.165, 1.54) is 13.2 Å². The molecule has 0 aromatic carbocycles. The number of aromatic nitrogens is 2. The van der Waals surface area contributed by atoms with E-state index in [9.17, 15) is 9.50 Å². The molecule has 0 saturated heterocycles. The molecule has 2 aromatic rings. The van der Waals surface area contributed by atoms with Gasteiger partial charge in [-0.05, 0) is 24.6 Å². The first-order chi connectivity index (χ1) is 11.5. The van der Waals surface area contributed by atoms with E-state index in [1.807, 2.05) is 6.92 Å². The van der Waals surface area contributed by atoms with E-state index in [0.29, 0.717) is 35.8 Å². The fraction of sp³-hybridized carbons (Fsp3) is 0.412. The molecule has 0 unspecified atom stereocenters. The molecule has 2 aromatic heterocycles. The van der Waals surface area contributed by atoms with Crippen LogP contribution in [0.15, 0.2) is 30.6 Å². The number of ether oxygens (including phenoxy) is 1. The maximum atomic E-state index is 13.6. The quantitative estimate of drug-likeness (QED) is 0.565. The third kappa shape index (κ3) is 3.94. The third-order valence-corrected chi connectivity index (χ3v) is 4.22. The van der Waals surface area contributed by atoms with Gasteiger partial charge in [-0.1, -0.05) is 6.92 Å². The molecule has 0 aliphatic rings. The van der Waals surface area contributed by atoms with E-state index in [2.05, 4.69) is 4.98 Å². The molecule has 0 amide bonds. The van der Waals surface area contributed by atoms with Crippen molar-refractivity contribution in [2.75, 3.05) is 13.0 Å². The van der Waals surface area contributed by atoms with Crippen molar-refractivity contribution < 1.29 is 14.2 Å². The zero-order valence-corrected chi connectivity index (χ0v) is 14.4. The maximum absolute atomic E-state index is 13.6. The lowest BCUT2D eigenvalue weighted by Gasteiger charge is -2.21. The highest BCUT2D eigenvalue weighted by Crippen LogP contribution is 2.31. The summed E-state index contributed by atoms with van der Waals surface area (Å²) in [6, 6.07) is 4.96. The number of hydrogen-bond acceptors (Lipinski definition) is 4. The molecule has 0 bridgehead atoms. The summed E-state index contributed by atoms with van der Waals surface area (Å²) in [5.41, 5.74) is 1.50. The van der Waals surface area contributed by atoms with Gasteiger partial charge in [0, 0.05) is 24.2 Å². The average molecular weight is 354 g/mol. The zero-order chi connectivity index (χ0) is 17.7. The van der Waals surface area contributed by atoms with Gasteiger partial charge in [0.15, 0.2) is 0 Å². The number of alkyl halides is 1. The standard InChI is InChI=1S/C17H21ClFN3O2/c1-3-13(14-7-11(19)9-21-17(14)24-2)16(20)15-5-4-6-22(15)10-12(23)8-18/h4-7,9,12-13,20,23H,3,8,10H2,1-2H3/t12-,13+/m0/s1. The lowest BCUT2D eigenvalue weighted by molar-refractivity contribution is 0.176. The number of pyridine rings is 1. The minimum absolute atomic E-state index is 0.115. The van der Waals surface area contributed by atoms with Gasteiger partial charge in [-0.25, -0.2) is 9.37 Å². The van der Waals surface area contributed by atoms with Crippen LogP contribution in [0.4, 0.5) is 4.39 Å². The van der Waals surface area contributed by atoms with E-state index in [0.717, 1.165) is 6.20 Å². The van der Waals surface area contributed by atoms with Crippen molar-refractivity contribution in [3.8, 4) is 5.88 Å². The number of aliphatic hydroxyl groups is 1. The maximum Gasteiger partial charge on any atom is 0.217 e. The number of halogens is 2. The van der Waals surface area contributed by atoms with Crippen LogP contribution in [0.5, 0.6) is 5.88 Å². The Labute approximate surface area is 145 Å². The van der Waals surface area contributed by atoms with Crippen LogP contribution in [0.25, 0.3) is 0 Å². The van der Waals surface area contributed by atoms with Gasteiger partial charge in [0.1, 0.15) is 5.82 Å². The van der Waals surface area contributed by atoms with Gasteiger partial charge >= 0.3 is 0 Å². The molecule has 24 heavy (non-hydrogen) atoms. The molecule has 0 saturated carbocycles. The number of nitrogens with one attached hydrogen (secondary N) is 1. The predicted molar refractivity (Wildman–Crippen MR) is 91.8 cm³/mol. The highest BCUT2D eigenvalue weighted by atomic mass is 35.5. The van der Waals surface area contributed by atoms with Crippen molar-refractivity contribution in [3.63, 3.8) is 0 Å². The summed E-state index contributed by atoms with van der Waals surface area (Å²) in [5.74, 6) is -0.411. The fourth-order valence-electron chi connectivity index (χ4n) is 2.71. The van der Waals surface area contributed by atoms with E-state index in [1.54, 1.807) is 22.9 Å². The Kier molecular flexibility index (Phi) is 6.34. The van der Waals surface area contributed by atoms with Crippen molar-refractivity contribution in [3.05, 3.63) is 47.7 Å². The first kappa shape index (κ1) is 18.4. The third-order valence-electron chi connectivity index (χ3n) is 3.86. The van der Waals surface area contributed by atoms with Crippen LogP contribution in [0.2, 0.25) is 0 Å². The van der Waals surface area contributed by atoms with E-state index < -0.39 is 11.9 Å². The highest BCUT2D eigenvalue weighted by Gasteiger charge is 2.24. The summed E-state index contributed by atoms with van der Waals surface area (Å²) in [6.45, 7) is 2.22. The van der Waals surface area contributed by atoms with Crippen molar-refractivity contribution >= 4 is 17.3 Å². The van der Waals surface area contributed by atoms with Crippen LogP contribution in [0.1, 0.15) is 30.5 Å². The molecule has 2 atom stereocenters. The largest absolute Gasteiger partial charge is 0.481 e. The van der Waals surface area contributed by atoms with E-state index in [4.69, 9.17) is 21.7 Å². The average Bonchev–Trinajstić information content (AvgIpc) is 3.03. The van der Waals surface area contributed by atoms with Crippen LogP contribution < -0.4 is 4.74 Å². The Morgan fingerprint density at radius 1 is 1.54 bits per heavy atom. The minimum Gasteiger partial charge on any atom is -0.481 e. The van der Waals surface area contributed by atoms with Gasteiger partial charge in [0.25, 0.3) is 0 Å². The fourth-order valence-corrected chi connectivity index (χ4v) is 2.81. The van der Waals surface area contributed by atoms with Crippen LogP contribution in [-0.4, -0.2) is 39.5 Å². The normalized spacial score (nSPS) is 13.5. The first-order valence-corrected chi connectivity index (χ1v) is 8.22. The Morgan fingerprint density at radius 3 is 2.92 bits per heavy atom. The van der Waals surface area contributed by atoms with Crippen LogP contribution in [0, 0.1) is 11.2 Å². The van der Waals surface area contributed by atoms with Gasteiger partial charge in [-0.15, -0.1) is 11.6 Å². The lowest BCUT2D eigenvalue weighted by Crippen LogP contribution is -2.23. The highest BCUT2D eigenvalue weighted by molar-refractivity contribution is 6.18. The number of hydrogen-bond donors (Lipinski definition) is 2. The molecular formula is C17H21ClFN3O2. The smallest absolute Gasteiger partial charge is 0.217 e. The number of rotatable bonds is 8. The van der Waals surface area contributed by atoms with Crippen molar-refractivity contribution in [1.82, 2.24) is 9.55 Å². The number of methoxy groups -OCH3 is 1. The number of aliphatic hydroxyl groups excluding tert-OH is 1. The van der Waals surface area contributed by atoms with Crippen molar-refractivity contribution in [2.24, 2.45) is 0 Å². The Bertz CT molecular complexity index is 705.